The highest BCUT2D eigenvalue weighted by molar-refractivity contribution is 5.70. The Balaban J connectivity index is 3.54. The predicted molar refractivity (Wildman–Crippen MR) is 224 cm³/mol. The molecule has 0 rings (SSSR count). The number of unbranched alkanes of at least 4 members (excludes halogenated alkanes) is 24. The Morgan fingerprint density at radius 2 is 0.769 bits per heavy atom. The van der Waals surface area contributed by atoms with Crippen molar-refractivity contribution in [3.8, 4) is 0 Å². The van der Waals surface area contributed by atoms with Gasteiger partial charge in [0.15, 0.2) is 6.10 Å². The summed E-state index contributed by atoms with van der Waals surface area (Å²) in [6, 6.07) is 0. The van der Waals surface area contributed by atoms with Crippen LogP contribution in [0.5, 0.6) is 0 Å². The Bertz CT molecular complexity index is 873. The topological polar surface area (TPSA) is 72.8 Å². The van der Waals surface area contributed by atoms with Gasteiger partial charge in [-0.05, 0) is 77.0 Å². The van der Waals surface area contributed by atoms with Crippen LogP contribution in [-0.2, 0) is 19.1 Å². The van der Waals surface area contributed by atoms with E-state index in [4.69, 9.17) is 9.47 Å². The largest absolute Gasteiger partial charge is 0.462 e. The number of rotatable bonds is 40. The molecule has 0 aliphatic rings. The van der Waals surface area contributed by atoms with E-state index in [0.29, 0.717) is 12.8 Å². The van der Waals surface area contributed by atoms with Gasteiger partial charge in [-0.25, -0.2) is 0 Å². The van der Waals surface area contributed by atoms with Crippen LogP contribution in [0.1, 0.15) is 219 Å². The third-order valence-electron chi connectivity index (χ3n) is 9.60. The fraction of sp³-hybridized carbons (Fsp3) is 0.787. The van der Waals surface area contributed by atoms with E-state index >= 15 is 0 Å². The van der Waals surface area contributed by atoms with E-state index in [1.807, 2.05) is 0 Å². The van der Waals surface area contributed by atoms with Gasteiger partial charge in [-0.2, -0.15) is 0 Å². The molecular weight excluding hydrogens is 645 g/mol. The lowest BCUT2D eigenvalue weighted by atomic mass is 10.1. The lowest BCUT2D eigenvalue weighted by Gasteiger charge is -2.15. The van der Waals surface area contributed by atoms with Crippen LogP contribution >= 0.6 is 0 Å². The van der Waals surface area contributed by atoms with Crippen molar-refractivity contribution in [1.82, 2.24) is 0 Å². The van der Waals surface area contributed by atoms with E-state index in [2.05, 4.69) is 62.5 Å². The molecule has 1 N–H and O–H groups in total. The zero-order valence-electron chi connectivity index (χ0n) is 34.3. The first kappa shape index (κ1) is 49.9. The number of hydrogen-bond acceptors (Lipinski definition) is 5. The highest BCUT2D eigenvalue weighted by Crippen LogP contribution is 2.14. The number of ether oxygens (including phenoxy) is 2. The van der Waals surface area contributed by atoms with E-state index in [-0.39, 0.29) is 25.2 Å². The number of allylic oxidation sites excluding steroid dienone is 8. The fourth-order valence-corrected chi connectivity index (χ4v) is 6.20. The first-order valence-electron chi connectivity index (χ1n) is 22.2. The zero-order chi connectivity index (χ0) is 37.8. The van der Waals surface area contributed by atoms with Crippen molar-refractivity contribution in [3.63, 3.8) is 0 Å². The first-order chi connectivity index (χ1) is 25.6. The molecule has 302 valence electrons. The fourth-order valence-electron chi connectivity index (χ4n) is 6.20. The average Bonchev–Trinajstić information content (AvgIpc) is 3.15. The highest BCUT2D eigenvalue weighted by Gasteiger charge is 2.16. The molecule has 0 aliphatic carbocycles. The summed E-state index contributed by atoms with van der Waals surface area (Å²) in [5.41, 5.74) is 0. The summed E-state index contributed by atoms with van der Waals surface area (Å²) in [7, 11) is 0. The number of aliphatic hydroxyl groups excluding tert-OH is 1. The summed E-state index contributed by atoms with van der Waals surface area (Å²) in [6.07, 6.45) is 54.6. The third kappa shape index (κ3) is 40.6. The molecule has 0 spiro atoms. The second-order valence-corrected chi connectivity index (χ2v) is 14.8. The Hall–Kier alpha value is -2.14. The van der Waals surface area contributed by atoms with Crippen molar-refractivity contribution in [1.29, 1.82) is 0 Å². The predicted octanol–water partition coefficient (Wildman–Crippen LogP) is 14.2. The minimum absolute atomic E-state index is 0.0696. The zero-order valence-corrected chi connectivity index (χ0v) is 34.3. The van der Waals surface area contributed by atoms with E-state index < -0.39 is 6.10 Å². The van der Waals surface area contributed by atoms with Gasteiger partial charge in [0.05, 0.1) is 6.61 Å². The normalized spacial score (nSPS) is 12.6. The van der Waals surface area contributed by atoms with Crippen LogP contribution < -0.4 is 0 Å². The third-order valence-corrected chi connectivity index (χ3v) is 9.60. The average molecular weight is 729 g/mol. The summed E-state index contributed by atoms with van der Waals surface area (Å²) < 4.78 is 10.6. The molecule has 1 unspecified atom stereocenters. The van der Waals surface area contributed by atoms with Crippen molar-refractivity contribution in [2.75, 3.05) is 13.2 Å². The van der Waals surface area contributed by atoms with Gasteiger partial charge < -0.3 is 14.6 Å². The van der Waals surface area contributed by atoms with Crippen LogP contribution in [0.15, 0.2) is 48.6 Å². The Morgan fingerprint density at radius 1 is 0.442 bits per heavy atom. The van der Waals surface area contributed by atoms with Gasteiger partial charge in [0.2, 0.25) is 0 Å². The van der Waals surface area contributed by atoms with Crippen molar-refractivity contribution in [2.45, 2.75) is 225 Å². The van der Waals surface area contributed by atoms with Crippen LogP contribution in [0, 0.1) is 0 Å². The molecule has 0 heterocycles. The molecule has 0 aliphatic heterocycles. The van der Waals surface area contributed by atoms with E-state index in [1.54, 1.807) is 0 Å². The maximum atomic E-state index is 12.2. The Labute approximate surface area is 322 Å². The minimum atomic E-state index is -0.776. The minimum Gasteiger partial charge on any atom is -0.462 e. The van der Waals surface area contributed by atoms with Crippen LogP contribution in [0.2, 0.25) is 0 Å². The molecular formula is C47H84O5. The molecule has 0 fully saturated rings. The second kappa shape index (κ2) is 43.3. The van der Waals surface area contributed by atoms with Crippen LogP contribution in [0.25, 0.3) is 0 Å². The molecule has 0 aromatic rings. The number of aliphatic hydroxyl groups is 1. The van der Waals surface area contributed by atoms with Gasteiger partial charge in [-0.1, -0.05) is 178 Å². The molecule has 5 heteroatoms. The van der Waals surface area contributed by atoms with Gasteiger partial charge in [-0.15, -0.1) is 0 Å². The SMILES string of the molecule is CCCCC/C=C\C/C=C\CCCCCCCCCCCC(=O)OCC(CO)OC(=O)CCCCCCCCCCC/C=C\C/C=C\CCCCC. The number of carbonyl (C=O) groups excluding carboxylic acids is 2. The standard InChI is InChI=1S/C47H84O5/c1-3-5-7-9-11-13-15-17-19-21-23-25-27-29-31-33-35-37-39-41-46(49)51-44-45(43-48)52-47(50)42-40-38-36-34-32-30-28-26-24-22-20-18-16-14-12-10-8-6-4-2/h11-14,17-20,45,48H,3-10,15-16,21-44H2,1-2H3/b13-11-,14-12-,19-17-,20-18-. The van der Waals surface area contributed by atoms with Gasteiger partial charge >= 0.3 is 11.9 Å². The molecule has 0 bridgehead atoms. The number of carbonyl (C=O) groups is 2. The lowest BCUT2D eigenvalue weighted by Crippen LogP contribution is -2.28. The van der Waals surface area contributed by atoms with Gasteiger partial charge in [-0.3, -0.25) is 9.59 Å². The van der Waals surface area contributed by atoms with Crippen molar-refractivity contribution >= 4 is 11.9 Å². The van der Waals surface area contributed by atoms with Crippen molar-refractivity contribution in [2.24, 2.45) is 0 Å². The molecule has 0 aromatic carbocycles. The molecule has 0 amide bonds. The molecule has 5 nitrogen and oxygen atoms in total. The van der Waals surface area contributed by atoms with Crippen molar-refractivity contribution < 1.29 is 24.2 Å². The maximum absolute atomic E-state index is 12.2. The van der Waals surface area contributed by atoms with Crippen LogP contribution in [-0.4, -0.2) is 36.4 Å². The molecule has 0 saturated carbocycles. The molecule has 0 saturated heterocycles. The monoisotopic (exact) mass is 729 g/mol. The Kier molecular flexibility index (Phi) is 41.5. The lowest BCUT2D eigenvalue weighted by molar-refractivity contribution is -0.161. The first-order valence-corrected chi connectivity index (χ1v) is 22.2. The van der Waals surface area contributed by atoms with E-state index in [1.165, 1.54) is 141 Å². The van der Waals surface area contributed by atoms with Crippen LogP contribution in [0.3, 0.4) is 0 Å². The highest BCUT2D eigenvalue weighted by atomic mass is 16.6. The summed E-state index contributed by atoms with van der Waals surface area (Å²) in [5, 5.41) is 9.59. The Morgan fingerprint density at radius 3 is 1.13 bits per heavy atom. The second-order valence-electron chi connectivity index (χ2n) is 14.8. The smallest absolute Gasteiger partial charge is 0.306 e. The van der Waals surface area contributed by atoms with E-state index in [0.717, 1.165) is 51.4 Å². The van der Waals surface area contributed by atoms with Crippen LogP contribution in [0.4, 0.5) is 0 Å². The molecule has 0 aromatic heterocycles. The summed E-state index contributed by atoms with van der Waals surface area (Å²) in [4.78, 5) is 24.3. The molecule has 0 radical (unpaired) electrons. The summed E-state index contributed by atoms with van der Waals surface area (Å²) in [6.45, 7) is 4.09. The van der Waals surface area contributed by atoms with Gasteiger partial charge in [0, 0.05) is 12.8 Å². The summed E-state index contributed by atoms with van der Waals surface area (Å²) in [5.74, 6) is -0.597. The quantitative estimate of drug-likeness (QED) is 0.0386. The molecule has 52 heavy (non-hydrogen) atoms. The van der Waals surface area contributed by atoms with Gasteiger partial charge in [0.1, 0.15) is 6.61 Å². The van der Waals surface area contributed by atoms with E-state index in [9.17, 15) is 14.7 Å². The number of hydrogen-bond donors (Lipinski definition) is 1. The molecule has 1 atom stereocenters. The van der Waals surface area contributed by atoms with Crippen molar-refractivity contribution in [3.05, 3.63) is 48.6 Å². The van der Waals surface area contributed by atoms with Gasteiger partial charge in [0.25, 0.3) is 0 Å². The summed E-state index contributed by atoms with van der Waals surface area (Å²) >= 11 is 0. The number of esters is 2. The maximum Gasteiger partial charge on any atom is 0.306 e.